The van der Waals surface area contributed by atoms with Gasteiger partial charge < -0.3 is 19.0 Å². The normalized spacial score (nSPS) is 18.9. The molecule has 1 aromatic carbocycles. The molecule has 4 rings (SSSR count). The van der Waals surface area contributed by atoms with E-state index in [4.69, 9.17) is 9.26 Å². The second kappa shape index (κ2) is 9.99. The minimum atomic E-state index is -0.545. The number of hydrogen-bond acceptors (Lipinski definition) is 8. The highest BCUT2D eigenvalue weighted by Gasteiger charge is 2.33. The molecule has 33 heavy (non-hydrogen) atoms. The van der Waals surface area contributed by atoms with Gasteiger partial charge in [0, 0.05) is 32.1 Å². The maximum absolute atomic E-state index is 15.0. The lowest BCUT2D eigenvalue weighted by Crippen LogP contribution is -2.44. The summed E-state index contributed by atoms with van der Waals surface area (Å²) in [5.74, 6) is -0.575. The first-order valence-corrected chi connectivity index (χ1v) is 10.9. The number of hydrazine groups is 1. The number of carbonyl (C=O) groups excluding carboxylic acids is 3. The molecule has 1 N–H and O–H groups in total. The van der Waals surface area contributed by atoms with Gasteiger partial charge in [0.05, 0.1) is 36.6 Å². The molecule has 2 aromatic rings. The third kappa shape index (κ3) is 5.48. The Hall–Kier alpha value is -3.47. The Bertz CT molecular complexity index is 1010. The molecule has 2 aliphatic rings. The number of hydrogen-bond donors (Lipinski definition) is 1. The van der Waals surface area contributed by atoms with Crippen LogP contribution in [0, 0.1) is 5.82 Å². The molecule has 0 unspecified atom stereocenters. The van der Waals surface area contributed by atoms with E-state index in [1.165, 1.54) is 29.2 Å². The summed E-state index contributed by atoms with van der Waals surface area (Å²) in [5.41, 5.74) is 4.42. The Morgan fingerprint density at radius 1 is 1.24 bits per heavy atom. The standard InChI is InChI=1S/C22H26FN5O5/c1-15(29)2-4-18-14-27(22(31)33-18)17-3-5-20(19(23)13-17)26-8-7-24-28(10-9-26)21(30)12-16-6-11-32-25-16/h3,5-6,11,13,18,24H,2,4,7-10,12,14H2,1H3/t18-/m0/s1. The molecule has 2 fully saturated rings. The van der Waals surface area contributed by atoms with Crippen molar-refractivity contribution in [3.05, 3.63) is 42.0 Å². The van der Waals surface area contributed by atoms with E-state index in [1.54, 1.807) is 18.2 Å². The van der Waals surface area contributed by atoms with Crippen LogP contribution in [0.1, 0.15) is 25.5 Å². The van der Waals surface area contributed by atoms with E-state index < -0.39 is 11.9 Å². The first kappa shape index (κ1) is 22.7. The van der Waals surface area contributed by atoms with Crippen molar-refractivity contribution in [2.75, 3.05) is 42.5 Å². The molecule has 1 aromatic heterocycles. The number of Topliss-reactive ketones (excluding diaryl/α,β-unsaturated/α-hetero) is 1. The lowest BCUT2D eigenvalue weighted by atomic mass is 10.1. The SMILES string of the molecule is CC(=O)CC[C@H]1CN(c2ccc(N3CCNN(C(=O)Cc4ccon4)CC3)c(F)c2)C(=O)O1. The van der Waals surface area contributed by atoms with E-state index in [-0.39, 0.29) is 30.8 Å². The van der Waals surface area contributed by atoms with Crippen LogP contribution in [-0.2, 0) is 20.7 Å². The average molecular weight is 459 g/mol. The van der Waals surface area contributed by atoms with Crippen LogP contribution in [0.25, 0.3) is 0 Å². The van der Waals surface area contributed by atoms with Crippen LogP contribution in [0.3, 0.4) is 0 Å². The number of ether oxygens (including phenoxy) is 1. The Balaban J connectivity index is 1.37. The van der Waals surface area contributed by atoms with Crippen molar-refractivity contribution in [1.82, 2.24) is 15.6 Å². The first-order chi connectivity index (χ1) is 15.9. The van der Waals surface area contributed by atoms with Gasteiger partial charge in [0.1, 0.15) is 24.0 Å². The van der Waals surface area contributed by atoms with Crippen LogP contribution in [0.2, 0.25) is 0 Å². The van der Waals surface area contributed by atoms with Gasteiger partial charge in [0.15, 0.2) is 0 Å². The number of nitrogens with one attached hydrogen (secondary N) is 1. The van der Waals surface area contributed by atoms with Crippen molar-refractivity contribution in [2.45, 2.75) is 32.3 Å². The minimum Gasteiger partial charge on any atom is -0.444 e. The van der Waals surface area contributed by atoms with E-state index in [9.17, 15) is 14.4 Å². The van der Waals surface area contributed by atoms with Crippen molar-refractivity contribution in [3.8, 4) is 0 Å². The number of aromatic nitrogens is 1. The van der Waals surface area contributed by atoms with Crippen molar-refractivity contribution < 1.29 is 28.0 Å². The number of ketones is 1. The van der Waals surface area contributed by atoms with Crippen LogP contribution >= 0.6 is 0 Å². The third-order valence-corrected chi connectivity index (χ3v) is 5.68. The van der Waals surface area contributed by atoms with E-state index >= 15 is 4.39 Å². The van der Waals surface area contributed by atoms with Gasteiger partial charge in [0.25, 0.3) is 0 Å². The lowest BCUT2D eigenvalue weighted by Gasteiger charge is -2.24. The van der Waals surface area contributed by atoms with Gasteiger partial charge in [-0.2, -0.15) is 0 Å². The van der Waals surface area contributed by atoms with Gasteiger partial charge in [0.2, 0.25) is 5.91 Å². The van der Waals surface area contributed by atoms with Crippen LogP contribution in [0.15, 0.2) is 35.1 Å². The maximum Gasteiger partial charge on any atom is 0.414 e. The molecule has 2 amide bonds. The van der Waals surface area contributed by atoms with E-state index in [0.29, 0.717) is 56.1 Å². The quantitative estimate of drug-likeness (QED) is 0.669. The van der Waals surface area contributed by atoms with Gasteiger partial charge in [-0.1, -0.05) is 5.16 Å². The summed E-state index contributed by atoms with van der Waals surface area (Å²) >= 11 is 0. The number of benzene rings is 1. The molecule has 0 saturated carbocycles. The van der Waals surface area contributed by atoms with Crippen molar-refractivity contribution in [3.63, 3.8) is 0 Å². The summed E-state index contributed by atoms with van der Waals surface area (Å²) in [6.45, 7) is 3.54. The summed E-state index contributed by atoms with van der Waals surface area (Å²) in [7, 11) is 0. The predicted octanol–water partition coefficient (Wildman–Crippen LogP) is 1.90. The largest absolute Gasteiger partial charge is 0.444 e. The molecule has 0 bridgehead atoms. The fourth-order valence-electron chi connectivity index (χ4n) is 3.93. The maximum atomic E-state index is 15.0. The third-order valence-electron chi connectivity index (χ3n) is 5.68. The van der Waals surface area contributed by atoms with Gasteiger partial charge >= 0.3 is 6.09 Å². The van der Waals surface area contributed by atoms with Crippen LogP contribution in [0.5, 0.6) is 0 Å². The summed E-state index contributed by atoms with van der Waals surface area (Å²) < 4.78 is 25.1. The number of carbonyl (C=O) groups is 3. The fraction of sp³-hybridized carbons (Fsp3) is 0.455. The van der Waals surface area contributed by atoms with Crippen molar-refractivity contribution >= 4 is 29.2 Å². The molecular formula is C22H26FN5O5. The smallest absolute Gasteiger partial charge is 0.414 e. The Labute approximate surface area is 190 Å². The molecule has 11 heteroatoms. The highest BCUT2D eigenvalue weighted by Crippen LogP contribution is 2.29. The Morgan fingerprint density at radius 3 is 2.82 bits per heavy atom. The van der Waals surface area contributed by atoms with Gasteiger partial charge in [-0.15, -0.1) is 0 Å². The molecule has 0 spiro atoms. The summed E-state index contributed by atoms with van der Waals surface area (Å²) in [4.78, 5) is 39.1. The Morgan fingerprint density at radius 2 is 2.09 bits per heavy atom. The lowest BCUT2D eigenvalue weighted by molar-refractivity contribution is -0.133. The second-order valence-corrected chi connectivity index (χ2v) is 8.10. The number of nitrogens with zero attached hydrogens (tertiary/aromatic N) is 4. The highest BCUT2D eigenvalue weighted by atomic mass is 19.1. The first-order valence-electron chi connectivity index (χ1n) is 10.9. The minimum absolute atomic E-state index is 0.0326. The molecule has 0 radical (unpaired) electrons. The van der Waals surface area contributed by atoms with Crippen LogP contribution < -0.4 is 15.2 Å². The molecule has 10 nitrogen and oxygen atoms in total. The fourth-order valence-corrected chi connectivity index (χ4v) is 3.93. The zero-order valence-corrected chi connectivity index (χ0v) is 18.3. The van der Waals surface area contributed by atoms with Gasteiger partial charge in [-0.25, -0.2) is 14.6 Å². The zero-order valence-electron chi connectivity index (χ0n) is 18.3. The Kier molecular flexibility index (Phi) is 6.87. The predicted molar refractivity (Wildman–Crippen MR) is 116 cm³/mol. The topological polar surface area (TPSA) is 108 Å². The number of amides is 2. The van der Waals surface area contributed by atoms with E-state index in [2.05, 4.69) is 10.6 Å². The van der Waals surface area contributed by atoms with E-state index in [1.807, 2.05) is 4.90 Å². The molecule has 2 aliphatic heterocycles. The molecular weight excluding hydrogens is 433 g/mol. The molecule has 2 saturated heterocycles. The number of halogens is 1. The molecule has 3 heterocycles. The summed E-state index contributed by atoms with van der Waals surface area (Å²) in [5, 5.41) is 5.27. The molecule has 176 valence electrons. The monoisotopic (exact) mass is 459 g/mol. The van der Waals surface area contributed by atoms with Crippen LogP contribution in [-0.4, -0.2) is 66.8 Å². The summed E-state index contributed by atoms with van der Waals surface area (Å²) in [6, 6.07) is 6.27. The van der Waals surface area contributed by atoms with Crippen LogP contribution in [0.4, 0.5) is 20.6 Å². The number of anilines is 2. The van der Waals surface area contributed by atoms with E-state index in [0.717, 1.165) is 0 Å². The second-order valence-electron chi connectivity index (χ2n) is 8.10. The summed E-state index contributed by atoms with van der Waals surface area (Å²) in [6.07, 6.45) is 1.38. The van der Waals surface area contributed by atoms with Crippen molar-refractivity contribution in [2.24, 2.45) is 0 Å². The number of rotatable bonds is 7. The molecule has 1 atom stereocenters. The number of cyclic esters (lactones) is 1. The molecule has 0 aliphatic carbocycles. The zero-order chi connectivity index (χ0) is 23.4. The highest BCUT2D eigenvalue weighted by molar-refractivity contribution is 5.90. The van der Waals surface area contributed by atoms with Gasteiger partial charge in [-0.05, 0) is 31.5 Å². The average Bonchev–Trinajstić information content (AvgIpc) is 3.35. The van der Waals surface area contributed by atoms with Gasteiger partial charge in [-0.3, -0.25) is 14.7 Å². The van der Waals surface area contributed by atoms with Crippen molar-refractivity contribution in [1.29, 1.82) is 0 Å².